The van der Waals surface area contributed by atoms with E-state index < -0.39 is 0 Å². The summed E-state index contributed by atoms with van der Waals surface area (Å²) in [5.41, 5.74) is 2.69. The highest BCUT2D eigenvalue weighted by Gasteiger charge is 2.33. The first kappa shape index (κ1) is 22.7. The summed E-state index contributed by atoms with van der Waals surface area (Å²) < 4.78 is 5.34. The van der Waals surface area contributed by atoms with E-state index in [-0.39, 0.29) is 17.7 Å². The molecule has 0 spiro atoms. The molecule has 2 aliphatic heterocycles. The number of H-pyrrole nitrogens is 1. The van der Waals surface area contributed by atoms with Crippen molar-refractivity contribution in [2.24, 2.45) is 5.92 Å². The Bertz CT molecular complexity index is 1190. The number of aromatic nitrogens is 2. The first-order valence-electron chi connectivity index (χ1n) is 11.9. The van der Waals surface area contributed by atoms with Crippen molar-refractivity contribution in [2.75, 3.05) is 33.3 Å². The second kappa shape index (κ2) is 9.66. The quantitative estimate of drug-likeness (QED) is 0.597. The molecule has 2 fully saturated rings. The van der Waals surface area contributed by atoms with Crippen LogP contribution in [-0.4, -0.2) is 64.9 Å². The topological polar surface area (TPSA) is 78.5 Å². The number of rotatable bonds is 4. The van der Waals surface area contributed by atoms with Crippen molar-refractivity contribution < 1.29 is 14.3 Å². The van der Waals surface area contributed by atoms with Gasteiger partial charge in [-0.3, -0.25) is 9.59 Å². The van der Waals surface area contributed by atoms with Crippen LogP contribution < -0.4 is 4.74 Å². The third-order valence-electron chi connectivity index (χ3n) is 7.25. The summed E-state index contributed by atoms with van der Waals surface area (Å²) in [6, 6.07) is 9.15. The molecule has 3 aromatic rings. The van der Waals surface area contributed by atoms with E-state index in [2.05, 4.69) is 22.2 Å². The number of pyridine rings is 1. The van der Waals surface area contributed by atoms with Crippen molar-refractivity contribution in [1.29, 1.82) is 0 Å². The number of hydrogen-bond donors (Lipinski definition) is 1. The number of hydrogen-bond acceptors (Lipinski definition) is 4. The molecule has 1 N–H and O–H groups in total. The van der Waals surface area contributed by atoms with Crippen LogP contribution in [0.2, 0.25) is 5.02 Å². The van der Waals surface area contributed by atoms with Crippen LogP contribution in [-0.2, 0) is 4.79 Å². The molecule has 5 rings (SSSR count). The second-order valence-corrected chi connectivity index (χ2v) is 9.59. The van der Waals surface area contributed by atoms with Gasteiger partial charge in [-0.25, -0.2) is 4.98 Å². The highest BCUT2D eigenvalue weighted by atomic mass is 35.5. The molecule has 2 amide bonds. The van der Waals surface area contributed by atoms with Gasteiger partial charge in [0.2, 0.25) is 5.91 Å². The summed E-state index contributed by atoms with van der Waals surface area (Å²) in [5.74, 6) is 1.06. The van der Waals surface area contributed by atoms with E-state index in [0.29, 0.717) is 48.2 Å². The molecule has 4 heterocycles. The van der Waals surface area contributed by atoms with Crippen molar-refractivity contribution in [3.8, 4) is 5.75 Å². The van der Waals surface area contributed by atoms with E-state index in [1.165, 1.54) is 10.9 Å². The summed E-state index contributed by atoms with van der Waals surface area (Å²) in [5, 5.41) is 1.68. The maximum absolute atomic E-state index is 13.2. The lowest BCUT2D eigenvalue weighted by Crippen LogP contribution is -2.46. The second-order valence-electron chi connectivity index (χ2n) is 9.15. The van der Waals surface area contributed by atoms with Crippen molar-refractivity contribution in [3.05, 3.63) is 58.9 Å². The predicted octanol–water partition coefficient (Wildman–Crippen LogP) is 4.48. The van der Waals surface area contributed by atoms with Crippen LogP contribution in [0.25, 0.3) is 11.0 Å². The SMILES string of the molecule is COc1ccc(Cl)cc1C(=O)N1CCC(C(=O)N2CCC(c3c[nH]c4ncccc34)CC2)CC1. The van der Waals surface area contributed by atoms with Gasteiger partial charge in [-0.05, 0) is 67.5 Å². The molecular formula is C26H29ClN4O3. The number of carbonyl (C=O) groups is 2. The molecule has 0 unspecified atom stereocenters. The Morgan fingerprint density at radius 1 is 1.06 bits per heavy atom. The van der Waals surface area contributed by atoms with Gasteiger partial charge in [0.15, 0.2) is 0 Å². The van der Waals surface area contributed by atoms with Crippen molar-refractivity contribution in [2.45, 2.75) is 31.6 Å². The van der Waals surface area contributed by atoms with Gasteiger partial charge >= 0.3 is 0 Å². The Balaban J connectivity index is 1.16. The first-order chi connectivity index (χ1) is 16.5. The fourth-order valence-electron chi connectivity index (χ4n) is 5.33. The normalized spacial score (nSPS) is 17.8. The molecule has 178 valence electrons. The molecule has 0 saturated carbocycles. The minimum Gasteiger partial charge on any atom is -0.496 e. The zero-order chi connectivity index (χ0) is 23.7. The van der Waals surface area contributed by atoms with Gasteiger partial charge in [-0.1, -0.05) is 11.6 Å². The van der Waals surface area contributed by atoms with Gasteiger partial charge in [0.25, 0.3) is 5.91 Å². The van der Waals surface area contributed by atoms with E-state index in [0.717, 1.165) is 31.6 Å². The number of methoxy groups -OCH3 is 1. The molecule has 2 saturated heterocycles. The molecule has 0 radical (unpaired) electrons. The van der Waals surface area contributed by atoms with Gasteiger partial charge in [0.05, 0.1) is 12.7 Å². The summed E-state index contributed by atoms with van der Waals surface area (Å²) in [4.78, 5) is 37.7. The highest BCUT2D eigenvalue weighted by molar-refractivity contribution is 6.31. The molecule has 2 aromatic heterocycles. The number of aromatic amines is 1. The summed E-state index contributed by atoms with van der Waals surface area (Å²) in [6.45, 7) is 2.66. The average molecular weight is 481 g/mol. The van der Waals surface area contributed by atoms with Crippen LogP contribution in [0.3, 0.4) is 0 Å². The number of benzene rings is 1. The Kier molecular flexibility index (Phi) is 6.46. The molecule has 7 nitrogen and oxygen atoms in total. The highest BCUT2D eigenvalue weighted by Crippen LogP contribution is 2.34. The monoisotopic (exact) mass is 480 g/mol. The van der Waals surface area contributed by atoms with Crippen LogP contribution >= 0.6 is 11.6 Å². The van der Waals surface area contributed by atoms with Crippen LogP contribution in [0.1, 0.15) is 47.5 Å². The van der Waals surface area contributed by atoms with Gasteiger partial charge in [0, 0.05) is 54.9 Å². The number of piperidine rings is 2. The molecule has 34 heavy (non-hydrogen) atoms. The molecule has 8 heteroatoms. The van der Waals surface area contributed by atoms with E-state index in [1.807, 2.05) is 11.0 Å². The van der Waals surface area contributed by atoms with Crippen molar-refractivity contribution >= 4 is 34.4 Å². The number of likely N-dealkylation sites (tertiary alicyclic amines) is 2. The van der Waals surface area contributed by atoms with E-state index >= 15 is 0 Å². The Hall–Kier alpha value is -3.06. The maximum Gasteiger partial charge on any atom is 0.257 e. The molecular weight excluding hydrogens is 452 g/mol. The zero-order valence-electron chi connectivity index (χ0n) is 19.3. The zero-order valence-corrected chi connectivity index (χ0v) is 20.1. The molecule has 2 aliphatic rings. The number of nitrogens with one attached hydrogen (secondary N) is 1. The number of amides is 2. The lowest BCUT2D eigenvalue weighted by atomic mass is 9.88. The Morgan fingerprint density at radius 2 is 1.79 bits per heavy atom. The molecule has 0 bridgehead atoms. The fraction of sp³-hybridized carbons (Fsp3) is 0.423. The van der Waals surface area contributed by atoms with Crippen molar-refractivity contribution in [3.63, 3.8) is 0 Å². The summed E-state index contributed by atoms with van der Waals surface area (Å²) in [6.07, 6.45) is 7.15. The van der Waals surface area contributed by atoms with Crippen LogP contribution in [0, 0.1) is 5.92 Å². The Labute approximate surface area is 204 Å². The summed E-state index contributed by atoms with van der Waals surface area (Å²) >= 11 is 6.10. The minimum atomic E-state index is -0.0979. The molecule has 1 aromatic carbocycles. The van der Waals surface area contributed by atoms with Gasteiger partial charge < -0.3 is 19.5 Å². The lowest BCUT2D eigenvalue weighted by Gasteiger charge is -2.37. The Morgan fingerprint density at radius 3 is 2.53 bits per heavy atom. The smallest absolute Gasteiger partial charge is 0.257 e. The van der Waals surface area contributed by atoms with Crippen LogP contribution in [0.5, 0.6) is 5.75 Å². The van der Waals surface area contributed by atoms with Crippen LogP contribution in [0.4, 0.5) is 0 Å². The third kappa shape index (κ3) is 4.37. The van der Waals surface area contributed by atoms with E-state index in [9.17, 15) is 9.59 Å². The number of ether oxygens (including phenoxy) is 1. The maximum atomic E-state index is 13.2. The first-order valence-corrected chi connectivity index (χ1v) is 12.3. The number of fused-ring (bicyclic) bond motifs is 1. The predicted molar refractivity (Wildman–Crippen MR) is 131 cm³/mol. The lowest BCUT2D eigenvalue weighted by molar-refractivity contribution is -0.138. The van der Waals surface area contributed by atoms with E-state index in [1.54, 1.807) is 36.4 Å². The average Bonchev–Trinajstić information content (AvgIpc) is 3.32. The van der Waals surface area contributed by atoms with Crippen molar-refractivity contribution in [1.82, 2.24) is 19.8 Å². The van der Waals surface area contributed by atoms with Crippen LogP contribution in [0.15, 0.2) is 42.7 Å². The van der Waals surface area contributed by atoms with E-state index in [4.69, 9.17) is 16.3 Å². The van der Waals surface area contributed by atoms with Gasteiger partial charge in [-0.15, -0.1) is 0 Å². The minimum absolute atomic E-state index is 0.0286. The van der Waals surface area contributed by atoms with Gasteiger partial charge in [0.1, 0.15) is 11.4 Å². The number of halogens is 1. The fourth-order valence-corrected chi connectivity index (χ4v) is 5.50. The summed E-state index contributed by atoms with van der Waals surface area (Å²) in [7, 11) is 1.55. The number of carbonyl (C=O) groups excluding carboxylic acids is 2. The number of nitrogens with zero attached hydrogens (tertiary/aromatic N) is 3. The molecule has 0 aliphatic carbocycles. The largest absolute Gasteiger partial charge is 0.496 e. The molecule has 0 atom stereocenters. The standard InChI is InChI=1S/C26H29ClN4O3/c1-34-23-5-4-19(27)15-21(23)26(33)31-13-8-18(9-14-31)25(32)30-11-6-17(7-12-30)22-16-29-24-20(22)3-2-10-28-24/h2-5,10,15-18H,6-9,11-14H2,1H3,(H,28,29). The van der Waals surface area contributed by atoms with Gasteiger partial charge in [-0.2, -0.15) is 0 Å². The third-order valence-corrected chi connectivity index (χ3v) is 7.49.